The molecule has 0 radical (unpaired) electrons. The monoisotopic (exact) mass is 258 g/mol. The maximum atomic E-state index is 10.6. The molecule has 0 aliphatic carbocycles. The maximum Gasteiger partial charge on any atom is 0.365 e. The number of nitrogens with one attached hydrogen (secondary N) is 1. The summed E-state index contributed by atoms with van der Waals surface area (Å²) in [6.45, 7) is 1.68. The molecule has 0 spiro atoms. The Kier molecular flexibility index (Phi) is 4.20. The summed E-state index contributed by atoms with van der Waals surface area (Å²) in [5, 5.41) is 14.0. The van der Waals surface area contributed by atoms with Crippen LogP contribution in [0.1, 0.15) is 21.9 Å². The van der Waals surface area contributed by atoms with Crippen LogP contribution in [0, 0.1) is 5.92 Å². The Balaban J connectivity index is 1.74. The van der Waals surface area contributed by atoms with Gasteiger partial charge in [-0.05, 0) is 30.4 Å². The van der Waals surface area contributed by atoms with Crippen molar-refractivity contribution in [3.05, 3.63) is 16.1 Å². The average molecular weight is 258 g/mol. The van der Waals surface area contributed by atoms with Crippen LogP contribution in [-0.2, 0) is 6.54 Å². The molecule has 0 aromatic carbocycles. The highest BCUT2D eigenvalue weighted by Crippen LogP contribution is 2.22. The molecule has 1 fully saturated rings. The van der Waals surface area contributed by atoms with Crippen LogP contribution >= 0.6 is 23.1 Å². The highest BCUT2D eigenvalue weighted by molar-refractivity contribution is 7.99. The Morgan fingerprint density at radius 2 is 2.56 bits per heavy atom. The quantitative estimate of drug-likeness (QED) is 0.841. The van der Waals surface area contributed by atoms with Crippen molar-refractivity contribution in [3.8, 4) is 0 Å². The van der Waals surface area contributed by atoms with Crippen molar-refractivity contribution in [1.82, 2.24) is 10.3 Å². The van der Waals surface area contributed by atoms with Crippen LogP contribution in [0.25, 0.3) is 0 Å². The zero-order valence-corrected chi connectivity index (χ0v) is 10.4. The molecule has 0 amide bonds. The van der Waals surface area contributed by atoms with Crippen molar-refractivity contribution in [3.63, 3.8) is 0 Å². The number of thioether (sulfide) groups is 1. The highest BCUT2D eigenvalue weighted by atomic mass is 32.2. The molecule has 2 heterocycles. The molecular formula is C10H14N2O2S2. The maximum absolute atomic E-state index is 10.6. The molecule has 2 N–H and O–H groups in total. The molecule has 6 heteroatoms. The largest absolute Gasteiger partial charge is 0.476 e. The number of hydrogen-bond acceptors (Lipinski definition) is 5. The summed E-state index contributed by atoms with van der Waals surface area (Å²) in [6, 6.07) is 0. The topological polar surface area (TPSA) is 62.2 Å². The first-order chi connectivity index (χ1) is 7.75. The average Bonchev–Trinajstić information content (AvgIpc) is 2.87. The fourth-order valence-corrected chi connectivity index (χ4v) is 3.57. The van der Waals surface area contributed by atoms with Crippen molar-refractivity contribution in [2.45, 2.75) is 13.0 Å². The van der Waals surface area contributed by atoms with E-state index < -0.39 is 5.97 Å². The first kappa shape index (κ1) is 11.9. The van der Waals surface area contributed by atoms with Gasteiger partial charge >= 0.3 is 5.97 Å². The normalized spacial score (nSPS) is 20.1. The van der Waals surface area contributed by atoms with E-state index in [1.165, 1.54) is 29.3 Å². The van der Waals surface area contributed by atoms with Gasteiger partial charge in [0.15, 0.2) is 0 Å². The van der Waals surface area contributed by atoms with Crippen LogP contribution in [0.4, 0.5) is 0 Å². The van der Waals surface area contributed by atoms with E-state index in [1.54, 1.807) is 5.38 Å². The molecule has 2 rings (SSSR count). The number of thiazole rings is 1. The summed E-state index contributed by atoms with van der Waals surface area (Å²) in [7, 11) is 0. The molecule has 16 heavy (non-hydrogen) atoms. The summed E-state index contributed by atoms with van der Waals surface area (Å²) >= 11 is 3.19. The lowest BCUT2D eigenvalue weighted by molar-refractivity contribution is 0.0696. The van der Waals surface area contributed by atoms with Gasteiger partial charge in [0.1, 0.15) is 0 Å². The standard InChI is InChI=1S/C10H14N2O2S2/c13-10(14)9-12-8(6-16-9)4-11-3-7-1-2-15-5-7/h6-7,11H,1-5H2,(H,13,14). The van der Waals surface area contributed by atoms with Crippen LogP contribution in [0.2, 0.25) is 0 Å². The van der Waals surface area contributed by atoms with E-state index in [0.29, 0.717) is 6.54 Å². The van der Waals surface area contributed by atoms with Gasteiger partial charge in [0, 0.05) is 11.9 Å². The predicted octanol–water partition coefficient (Wildman–Crippen LogP) is 1.68. The van der Waals surface area contributed by atoms with Crippen LogP contribution < -0.4 is 5.32 Å². The van der Waals surface area contributed by atoms with Crippen molar-refractivity contribution in [2.75, 3.05) is 18.1 Å². The summed E-state index contributed by atoms with van der Waals surface area (Å²) in [6.07, 6.45) is 1.29. The molecule has 0 saturated carbocycles. The van der Waals surface area contributed by atoms with E-state index in [1.807, 2.05) is 11.8 Å². The lowest BCUT2D eigenvalue weighted by Gasteiger charge is -2.08. The highest BCUT2D eigenvalue weighted by Gasteiger charge is 2.15. The molecule has 1 atom stereocenters. The third-order valence-electron chi connectivity index (χ3n) is 2.50. The van der Waals surface area contributed by atoms with Gasteiger partial charge in [-0.15, -0.1) is 11.3 Å². The minimum Gasteiger partial charge on any atom is -0.476 e. The van der Waals surface area contributed by atoms with Gasteiger partial charge in [0.05, 0.1) is 5.69 Å². The molecule has 88 valence electrons. The van der Waals surface area contributed by atoms with Gasteiger partial charge in [-0.1, -0.05) is 0 Å². The van der Waals surface area contributed by atoms with E-state index >= 15 is 0 Å². The second-order valence-corrected chi connectivity index (χ2v) is 5.82. The molecule has 1 aliphatic heterocycles. The number of carbonyl (C=O) groups is 1. The van der Waals surface area contributed by atoms with E-state index in [-0.39, 0.29) is 5.01 Å². The van der Waals surface area contributed by atoms with Crippen molar-refractivity contribution in [1.29, 1.82) is 0 Å². The molecule has 0 bridgehead atoms. The summed E-state index contributed by atoms with van der Waals surface area (Å²) in [5.41, 5.74) is 0.827. The van der Waals surface area contributed by atoms with Crippen LogP contribution in [0.15, 0.2) is 5.38 Å². The van der Waals surface area contributed by atoms with Gasteiger partial charge in [-0.3, -0.25) is 0 Å². The van der Waals surface area contributed by atoms with Gasteiger partial charge in [0.25, 0.3) is 0 Å². The minimum absolute atomic E-state index is 0.174. The Morgan fingerprint density at radius 3 is 3.19 bits per heavy atom. The number of aromatic nitrogens is 1. The van der Waals surface area contributed by atoms with E-state index in [2.05, 4.69) is 10.3 Å². The second-order valence-electron chi connectivity index (χ2n) is 3.81. The number of hydrogen-bond donors (Lipinski definition) is 2. The van der Waals surface area contributed by atoms with Crippen LogP contribution in [0.5, 0.6) is 0 Å². The number of carboxylic acid groups (broad SMARTS) is 1. The molecule has 1 saturated heterocycles. The summed E-state index contributed by atoms with van der Waals surface area (Å²) in [4.78, 5) is 14.6. The third-order valence-corrected chi connectivity index (χ3v) is 4.61. The first-order valence-electron chi connectivity index (χ1n) is 5.22. The van der Waals surface area contributed by atoms with Crippen molar-refractivity contribution in [2.24, 2.45) is 5.92 Å². The Bertz CT molecular complexity index is 361. The fraction of sp³-hybridized carbons (Fsp3) is 0.600. The van der Waals surface area contributed by atoms with Crippen molar-refractivity contribution >= 4 is 29.1 Å². The van der Waals surface area contributed by atoms with Crippen molar-refractivity contribution < 1.29 is 9.90 Å². The van der Waals surface area contributed by atoms with Gasteiger partial charge in [-0.25, -0.2) is 9.78 Å². The summed E-state index contributed by atoms with van der Waals surface area (Å²) in [5.74, 6) is 2.34. The van der Waals surface area contributed by atoms with E-state index in [9.17, 15) is 4.79 Å². The lowest BCUT2D eigenvalue weighted by atomic mass is 10.1. The zero-order valence-electron chi connectivity index (χ0n) is 8.81. The van der Waals surface area contributed by atoms with Crippen LogP contribution in [0.3, 0.4) is 0 Å². The molecule has 1 aromatic heterocycles. The molecule has 4 nitrogen and oxygen atoms in total. The molecule has 1 unspecified atom stereocenters. The Morgan fingerprint density at radius 1 is 1.69 bits per heavy atom. The first-order valence-corrected chi connectivity index (χ1v) is 7.25. The lowest BCUT2D eigenvalue weighted by Crippen LogP contribution is -2.22. The van der Waals surface area contributed by atoms with Gasteiger partial charge in [-0.2, -0.15) is 11.8 Å². The summed E-state index contributed by atoms with van der Waals surface area (Å²) < 4.78 is 0. The Labute approximate surface area is 102 Å². The number of rotatable bonds is 5. The molecular weight excluding hydrogens is 244 g/mol. The molecule has 1 aliphatic rings. The second kappa shape index (κ2) is 5.65. The molecule has 1 aromatic rings. The smallest absolute Gasteiger partial charge is 0.365 e. The van der Waals surface area contributed by atoms with Crippen LogP contribution in [-0.4, -0.2) is 34.1 Å². The van der Waals surface area contributed by atoms with E-state index in [4.69, 9.17) is 5.11 Å². The SMILES string of the molecule is O=C(O)c1nc(CNCC2CCSC2)cs1. The Hall–Kier alpha value is -0.590. The predicted molar refractivity (Wildman–Crippen MR) is 66.2 cm³/mol. The minimum atomic E-state index is -0.941. The zero-order chi connectivity index (χ0) is 11.4. The van der Waals surface area contributed by atoms with Gasteiger partial charge in [0.2, 0.25) is 5.01 Å². The number of nitrogens with zero attached hydrogens (tertiary/aromatic N) is 1. The number of aromatic carboxylic acids is 1. The van der Waals surface area contributed by atoms with Gasteiger partial charge < -0.3 is 10.4 Å². The fourth-order valence-electron chi connectivity index (χ4n) is 1.64. The number of carboxylic acids is 1. The van der Waals surface area contributed by atoms with E-state index in [0.717, 1.165) is 18.2 Å². The third kappa shape index (κ3) is 3.20.